The van der Waals surface area contributed by atoms with E-state index in [0.717, 1.165) is 6.54 Å². The molecular weight excluding hydrogens is 324 g/mol. The van der Waals surface area contributed by atoms with Crippen LogP contribution in [0.5, 0.6) is 0 Å². The van der Waals surface area contributed by atoms with Crippen LogP contribution >= 0.6 is 11.6 Å². The van der Waals surface area contributed by atoms with E-state index in [4.69, 9.17) is 11.6 Å². The van der Waals surface area contributed by atoms with Crippen molar-refractivity contribution in [3.8, 4) is 0 Å². The van der Waals surface area contributed by atoms with Crippen LogP contribution in [0.25, 0.3) is 0 Å². The third-order valence-electron chi connectivity index (χ3n) is 4.34. The molecule has 2 N–H and O–H groups in total. The van der Waals surface area contributed by atoms with Crippen molar-refractivity contribution in [3.05, 3.63) is 70.7 Å². The lowest BCUT2D eigenvalue weighted by atomic mass is 10.1. The Balaban J connectivity index is 1.58. The van der Waals surface area contributed by atoms with Gasteiger partial charge in [-0.15, -0.1) is 0 Å². The number of halogens is 1. The fourth-order valence-corrected chi connectivity index (χ4v) is 3.22. The summed E-state index contributed by atoms with van der Waals surface area (Å²) in [4.78, 5) is 14.4. The Bertz CT molecular complexity index is 676. The van der Waals surface area contributed by atoms with Gasteiger partial charge in [0.15, 0.2) is 0 Å². The number of carbonyl (C=O) groups is 1. The van der Waals surface area contributed by atoms with E-state index in [2.05, 4.69) is 22.3 Å². The summed E-state index contributed by atoms with van der Waals surface area (Å²) < 4.78 is 0. The zero-order valence-corrected chi connectivity index (χ0v) is 14.1. The molecule has 2 unspecified atom stereocenters. The monoisotopic (exact) mass is 344 g/mol. The van der Waals surface area contributed by atoms with Crippen LogP contribution in [0.1, 0.15) is 22.3 Å². The number of β-amino-alcohol motifs (C(OH)–C–C–N with tert-alkyl or cyclic N) is 1. The molecular formula is C19H21ClN2O2. The number of aliphatic hydroxyl groups is 1. The quantitative estimate of drug-likeness (QED) is 0.877. The van der Waals surface area contributed by atoms with Gasteiger partial charge in [-0.2, -0.15) is 0 Å². The SMILES string of the molecule is O=C(NCC1CC(O)CN1Cc1ccccc1)c1ccc(Cl)cc1. The summed E-state index contributed by atoms with van der Waals surface area (Å²) in [6, 6.07) is 17.1. The maximum absolute atomic E-state index is 12.2. The van der Waals surface area contributed by atoms with Crippen molar-refractivity contribution in [1.82, 2.24) is 10.2 Å². The highest BCUT2D eigenvalue weighted by molar-refractivity contribution is 6.30. The highest BCUT2D eigenvalue weighted by atomic mass is 35.5. The van der Waals surface area contributed by atoms with Crippen LogP contribution in [-0.2, 0) is 6.54 Å². The van der Waals surface area contributed by atoms with Gasteiger partial charge in [0, 0.05) is 36.3 Å². The Morgan fingerprint density at radius 1 is 1.17 bits per heavy atom. The molecule has 126 valence electrons. The number of carbonyl (C=O) groups excluding carboxylic acids is 1. The Morgan fingerprint density at radius 2 is 1.88 bits per heavy atom. The second kappa shape index (κ2) is 7.79. The van der Waals surface area contributed by atoms with Crippen molar-refractivity contribution < 1.29 is 9.90 Å². The molecule has 0 saturated carbocycles. The van der Waals surface area contributed by atoms with Gasteiger partial charge in [-0.3, -0.25) is 9.69 Å². The molecule has 0 radical (unpaired) electrons. The number of nitrogens with one attached hydrogen (secondary N) is 1. The summed E-state index contributed by atoms with van der Waals surface area (Å²) in [5, 5.41) is 13.6. The minimum atomic E-state index is -0.342. The van der Waals surface area contributed by atoms with Gasteiger partial charge >= 0.3 is 0 Å². The predicted octanol–water partition coefficient (Wildman–Crippen LogP) is 2.71. The molecule has 1 heterocycles. The number of hydrogen-bond acceptors (Lipinski definition) is 3. The first-order chi connectivity index (χ1) is 11.6. The van der Waals surface area contributed by atoms with Crippen LogP contribution in [0.3, 0.4) is 0 Å². The van der Waals surface area contributed by atoms with Crippen molar-refractivity contribution in [1.29, 1.82) is 0 Å². The molecule has 1 aliphatic rings. The first-order valence-electron chi connectivity index (χ1n) is 8.11. The molecule has 2 atom stereocenters. The molecule has 0 aromatic heterocycles. The van der Waals surface area contributed by atoms with Gasteiger partial charge in [-0.25, -0.2) is 0 Å². The summed E-state index contributed by atoms with van der Waals surface area (Å²) >= 11 is 5.84. The summed E-state index contributed by atoms with van der Waals surface area (Å²) in [6.07, 6.45) is 0.333. The zero-order valence-electron chi connectivity index (χ0n) is 13.4. The Morgan fingerprint density at radius 3 is 2.58 bits per heavy atom. The van der Waals surface area contributed by atoms with Gasteiger partial charge in [-0.05, 0) is 36.2 Å². The smallest absolute Gasteiger partial charge is 0.251 e. The van der Waals surface area contributed by atoms with E-state index in [1.54, 1.807) is 24.3 Å². The van der Waals surface area contributed by atoms with E-state index in [-0.39, 0.29) is 18.1 Å². The number of likely N-dealkylation sites (tertiary alicyclic amines) is 1. The van der Waals surface area contributed by atoms with Crippen molar-refractivity contribution in [3.63, 3.8) is 0 Å². The molecule has 4 nitrogen and oxygen atoms in total. The Labute approximate surface area is 147 Å². The second-order valence-corrected chi connectivity index (χ2v) is 6.61. The number of amides is 1. The molecule has 1 amide bonds. The van der Waals surface area contributed by atoms with Gasteiger partial charge in [0.25, 0.3) is 5.91 Å². The van der Waals surface area contributed by atoms with Crippen molar-refractivity contribution >= 4 is 17.5 Å². The first kappa shape index (κ1) is 17.0. The Kier molecular flexibility index (Phi) is 5.51. The minimum absolute atomic E-state index is 0.118. The van der Waals surface area contributed by atoms with Crippen LogP contribution in [0.2, 0.25) is 5.02 Å². The minimum Gasteiger partial charge on any atom is -0.392 e. The summed E-state index contributed by atoms with van der Waals surface area (Å²) in [7, 11) is 0. The standard InChI is InChI=1S/C19H21ClN2O2/c20-16-8-6-15(7-9-16)19(24)21-11-17-10-18(23)13-22(17)12-14-4-2-1-3-5-14/h1-9,17-18,23H,10-13H2,(H,21,24). The third-order valence-corrected chi connectivity index (χ3v) is 4.59. The van der Waals surface area contributed by atoms with Gasteiger partial charge in [0.1, 0.15) is 0 Å². The molecule has 3 rings (SSSR count). The molecule has 2 aromatic rings. The van der Waals surface area contributed by atoms with Crippen LogP contribution in [0.4, 0.5) is 0 Å². The molecule has 0 aliphatic carbocycles. The maximum Gasteiger partial charge on any atom is 0.251 e. The maximum atomic E-state index is 12.2. The lowest BCUT2D eigenvalue weighted by molar-refractivity contribution is 0.0940. The topological polar surface area (TPSA) is 52.6 Å². The number of rotatable bonds is 5. The Hall–Kier alpha value is -1.88. The highest BCUT2D eigenvalue weighted by Crippen LogP contribution is 2.20. The van der Waals surface area contributed by atoms with Gasteiger partial charge in [-0.1, -0.05) is 41.9 Å². The van der Waals surface area contributed by atoms with Crippen LogP contribution in [0.15, 0.2) is 54.6 Å². The van der Waals surface area contributed by atoms with Gasteiger partial charge < -0.3 is 10.4 Å². The molecule has 0 bridgehead atoms. The van der Waals surface area contributed by atoms with Crippen LogP contribution in [-0.4, -0.2) is 41.1 Å². The first-order valence-corrected chi connectivity index (χ1v) is 8.49. The van der Waals surface area contributed by atoms with Crippen molar-refractivity contribution in [2.24, 2.45) is 0 Å². The lowest BCUT2D eigenvalue weighted by Gasteiger charge is -2.24. The number of hydrogen-bond donors (Lipinski definition) is 2. The largest absolute Gasteiger partial charge is 0.392 e. The van der Waals surface area contributed by atoms with Crippen molar-refractivity contribution in [2.45, 2.75) is 25.1 Å². The molecule has 0 spiro atoms. The van der Waals surface area contributed by atoms with E-state index < -0.39 is 0 Å². The molecule has 24 heavy (non-hydrogen) atoms. The van der Waals surface area contributed by atoms with Gasteiger partial charge in [0.2, 0.25) is 0 Å². The van der Waals surface area contributed by atoms with E-state index >= 15 is 0 Å². The van der Waals surface area contributed by atoms with E-state index in [9.17, 15) is 9.90 Å². The second-order valence-electron chi connectivity index (χ2n) is 6.18. The normalized spacial score (nSPS) is 20.9. The van der Waals surface area contributed by atoms with Crippen LogP contribution < -0.4 is 5.32 Å². The molecule has 2 aromatic carbocycles. The zero-order chi connectivity index (χ0) is 16.9. The van der Waals surface area contributed by atoms with E-state index in [0.29, 0.717) is 30.1 Å². The van der Waals surface area contributed by atoms with E-state index in [1.807, 2.05) is 18.2 Å². The molecule has 5 heteroatoms. The third kappa shape index (κ3) is 4.35. The van der Waals surface area contributed by atoms with E-state index in [1.165, 1.54) is 5.56 Å². The summed E-state index contributed by atoms with van der Waals surface area (Å²) in [6.45, 7) is 1.93. The average molecular weight is 345 g/mol. The number of nitrogens with zero attached hydrogens (tertiary/aromatic N) is 1. The fraction of sp³-hybridized carbons (Fsp3) is 0.316. The molecule has 1 aliphatic heterocycles. The molecule has 1 fully saturated rings. The van der Waals surface area contributed by atoms with Crippen LogP contribution in [0, 0.1) is 0 Å². The number of benzene rings is 2. The number of aliphatic hydroxyl groups excluding tert-OH is 1. The fourth-order valence-electron chi connectivity index (χ4n) is 3.10. The van der Waals surface area contributed by atoms with Gasteiger partial charge in [0.05, 0.1) is 6.10 Å². The summed E-state index contributed by atoms with van der Waals surface area (Å²) in [5.74, 6) is -0.118. The lowest BCUT2D eigenvalue weighted by Crippen LogP contribution is -2.39. The van der Waals surface area contributed by atoms with Crippen molar-refractivity contribution in [2.75, 3.05) is 13.1 Å². The molecule has 1 saturated heterocycles. The highest BCUT2D eigenvalue weighted by Gasteiger charge is 2.30. The average Bonchev–Trinajstić information content (AvgIpc) is 2.93. The summed E-state index contributed by atoms with van der Waals surface area (Å²) in [5.41, 5.74) is 1.80. The predicted molar refractivity (Wildman–Crippen MR) is 95.0 cm³/mol.